The first-order valence-electron chi connectivity index (χ1n) is 5.40. The zero-order valence-corrected chi connectivity index (χ0v) is 10.5. The highest BCUT2D eigenvalue weighted by atomic mass is 32.2. The standard InChI is InChI=1S/C14H9F3OS/c15-14(16,17)12-8-10(9-18)6-7-13(12)19-11-4-2-1-3-5-11/h1-9H. The molecule has 98 valence electrons. The van der Waals surface area contributed by atoms with E-state index in [-0.39, 0.29) is 10.5 Å². The molecule has 0 bridgehead atoms. The first-order valence-corrected chi connectivity index (χ1v) is 6.21. The van der Waals surface area contributed by atoms with Gasteiger partial charge in [0.1, 0.15) is 6.29 Å². The first kappa shape index (κ1) is 13.7. The van der Waals surface area contributed by atoms with E-state index in [2.05, 4.69) is 0 Å². The molecule has 0 aliphatic carbocycles. The number of alkyl halides is 3. The number of carbonyl (C=O) groups is 1. The van der Waals surface area contributed by atoms with E-state index >= 15 is 0 Å². The van der Waals surface area contributed by atoms with Crippen LogP contribution in [0.15, 0.2) is 58.3 Å². The number of hydrogen-bond donors (Lipinski definition) is 0. The molecule has 1 nitrogen and oxygen atoms in total. The minimum absolute atomic E-state index is 0.0183. The molecule has 0 spiro atoms. The predicted octanol–water partition coefficient (Wildman–Crippen LogP) is 4.67. The molecule has 0 aliphatic heterocycles. The Morgan fingerprint density at radius 1 is 1.00 bits per heavy atom. The average Bonchev–Trinajstić information content (AvgIpc) is 2.39. The molecule has 0 radical (unpaired) electrons. The number of hydrogen-bond acceptors (Lipinski definition) is 2. The molecule has 19 heavy (non-hydrogen) atoms. The van der Waals surface area contributed by atoms with E-state index in [1.165, 1.54) is 12.1 Å². The molecule has 2 rings (SSSR count). The lowest BCUT2D eigenvalue weighted by atomic mass is 10.1. The van der Waals surface area contributed by atoms with E-state index in [0.717, 1.165) is 17.8 Å². The van der Waals surface area contributed by atoms with E-state index in [4.69, 9.17) is 0 Å². The van der Waals surface area contributed by atoms with Gasteiger partial charge in [0.15, 0.2) is 0 Å². The summed E-state index contributed by atoms with van der Waals surface area (Å²) >= 11 is 1.02. The van der Waals surface area contributed by atoms with Gasteiger partial charge in [-0.1, -0.05) is 36.0 Å². The lowest BCUT2D eigenvalue weighted by Crippen LogP contribution is -2.07. The second kappa shape index (κ2) is 5.48. The Balaban J connectivity index is 2.42. The van der Waals surface area contributed by atoms with E-state index in [1.54, 1.807) is 30.3 Å². The smallest absolute Gasteiger partial charge is 0.298 e. The Morgan fingerprint density at radius 3 is 2.26 bits per heavy atom. The second-order valence-electron chi connectivity index (χ2n) is 3.79. The molecule has 2 aromatic carbocycles. The number of benzene rings is 2. The normalized spacial score (nSPS) is 11.3. The van der Waals surface area contributed by atoms with Crippen molar-refractivity contribution in [2.45, 2.75) is 16.0 Å². The van der Waals surface area contributed by atoms with Crippen LogP contribution in [0.1, 0.15) is 15.9 Å². The van der Waals surface area contributed by atoms with Crippen molar-refractivity contribution in [1.82, 2.24) is 0 Å². The minimum Gasteiger partial charge on any atom is -0.298 e. The van der Waals surface area contributed by atoms with Gasteiger partial charge in [-0.2, -0.15) is 13.2 Å². The van der Waals surface area contributed by atoms with Gasteiger partial charge in [-0.25, -0.2) is 0 Å². The van der Waals surface area contributed by atoms with Crippen LogP contribution in [0, 0.1) is 0 Å². The summed E-state index contributed by atoms with van der Waals surface area (Å²) in [6, 6.07) is 12.4. The van der Waals surface area contributed by atoms with Gasteiger partial charge in [-0.3, -0.25) is 4.79 Å². The van der Waals surface area contributed by atoms with Crippen molar-refractivity contribution in [3.05, 3.63) is 59.7 Å². The molecular formula is C14H9F3OS. The maximum Gasteiger partial charge on any atom is 0.417 e. The lowest BCUT2D eigenvalue weighted by Gasteiger charge is -2.12. The van der Waals surface area contributed by atoms with Crippen LogP contribution in [0.2, 0.25) is 0 Å². The van der Waals surface area contributed by atoms with Crippen molar-refractivity contribution >= 4 is 18.0 Å². The quantitative estimate of drug-likeness (QED) is 0.761. The molecule has 0 aliphatic rings. The molecule has 0 fully saturated rings. The molecule has 5 heteroatoms. The van der Waals surface area contributed by atoms with E-state index < -0.39 is 11.7 Å². The molecule has 0 saturated heterocycles. The van der Waals surface area contributed by atoms with Gasteiger partial charge in [0.25, 0.3) is 0 Å². The Bertz CT molecular complexity index is 579. The van der Waals surface area contributed by atoms with Gasteiger partial charge in [-0.05, 0) is 24.3 Å². The number of carbonyl (C=O) groups excluding carboxylic acids is 1. The summed E-state index contributed by atoms with van der Waals surface area (Å²) in [7, 11) is 0. The maximum absolute atomic E-state index is 12.9. The van der Waals surface area contributed by atoms with Gasteiger partial charge in [0.05, 0.1) is 5.56 Å². The summed E-state index contributed by atoms with van der Waals surface area (Å²) in [5, 5.41) is 0. The summed E-state index contributed by atoms with van der Waals surface area (Å²) in [5.41, 5.74) is -0.768. The largest absolute Gasteiger partial charge is 0.417 e. The fourth-order valence-electron chi connectivity index (χ4n) is 1.55. The molecule has 0 unspecified atom stereocenters. The van der Waals surface area contributed by atoms with Crippen LogP contribution in [-0.2, 0) is 6.18 Å². The highest BCUT2D eigenvalue weighted by molar-refractivity contribution is 7.99. The van der Waals surface area contributed by atoms with Gasteiger partial charge < -0.3 is 0 Å². The molecule has 0 N–H and O–H groups in total. The molecule has 2 aromatic rings. The van der Waals surface area contributed by atoms with E-state index in [1.807, 2.05) is 0 Å². The molecule has 0 heterocycles. The zero-order chi connectivity index (χ0) is 13.9. The fourth-order valence-corrected chi connectivity index (χ4v) is 2.51. The van der Waals surface area contributed by atoms with Crippen LogP contribution < -0.4 is 0 Å². The van der Waals surface area contributed by atoms with Crippen molar-refractivity contribution in [3.63, 3.8) is 0 Å². The van der Waals surface area contributed by atoms with Crippen LogP contribution in [-0.4, -0.2) is 6.29 Å². The fraction of sp³-hybridized carbons (Fsp3) is 0.0714. The third kappa shape index (κ3) is 3.38. The van der Waals surface area contributed by atoms with Crippen LogP contribution >= 0.6 is 11.8 Å². The minimum atomic E-state index is -4.48. The SMILES string of the molecule is O=Cc1ccc(Sc2ccccc2)c(C(F)(F)F)c1. The van der Waals surface area contributed by atoms with Crippen LogP contribution in [0.5, 0.6) is 0 Å². The summed E-state index contributed by atoms with van der Waals surface area (Å²) in [4.78, 5) is 11.4. The van der Waals surface area contributed by atoms with Gasteiger partial charge in [0.2, 0.25) is 0 Å². The Hall–Kier alpha value is -1.75. The van der Waals surface area contributed by atoms with Gasteiger partial charge in [0, 0.05) is 15.4 Å². The van der Waals surface area contributed by atoms with E-state index in [9.17, 15) is 18.0 Å². The number of aldehydes is 1. The van der Waals surface area contributed by atoms with E-state index in [0.29, 0.717) is 11.2 Å². The topological polar surface area (TPSA) is 17.1 Å². The molecule has 0 aromatic heterocycles. The van der Waals surface area contributed by atoms with Crippen molar-refractivity contribution < 1.29 is 18.0 Å². The van der Waals surface area contributed by atoms with Crippen molar-refractivity contribution in [3.8, 4) is 0 Å². The summed E-state index contributed by atoms with van der Waals surface area (Å²) in [6.07, 6.45) is -4.07. The Morgan fingerprint density at radius 2 is 1.68 bits per heavy atom. The Labute approximate surface area is 112 Å². The average molecular weight is 282 g/mol. The van der Waals surface area contributed by atoms with Crippen LogP contribution in [0.25, 0.3) is 0 Å². The van der Waals surface area contributed by atoms with Crippen molar-refractivity contribution in [2.24, 2.45) is 0 Å². The van der Waals surface area contributed by atoms with Crippen LogP contribution in [0.4, 0.5) is 13.2 Å². The lowest BCUT2D eigenvalue weighted by molar-refractivity contribution is -0.139. The summed E-state index contributed by atoms with van der Waals surface area (Å²) < 4.78 is 38.8. The summed E-state index contributed by atoms with van der Waals surface area (Å²) in [6.45, 7) is 0. The van der Waals surface area contributed by atoms with Gasteiger partial charge in [-0.15, -0.1) is 0 Å². The Kier molecular flexibility index (Phi) is 3.95. The van der Waals surface area contributed by atoms with Crippen molar-refractivity contribution in [2.75, 3.05) is 0 Å². The first-order chi connectivity index (χ1) is 9.00. The highest BCUT2D eigenvalue weighted by Gasteiger charge is 2.33. The molecule has 0 amide bonds. The third-order valence-electron chi connectivity index (χ3n) is 2.42. The highest BCUT2D eigenvalue weighted by Crippen LogP contribution is 2.39. The number of halogens is 3. The van der Waals surface area contributed by atoms with Crippen molar-refractivity contribution in [1.29, 1.82) is 0 Å². The third-order valence-corrected chi connectivity index (χ3v) is 3.50. The second-order valence-corrected chi connectivity index (χ2v) is 4.90. The van der Waals surface area contributed by atoms with Gasteiger partial charge >= 0.3 is 6.18 Å². The maximum atomic E-state index is 12.9. The summed E-state index contributed by atoms with van der Waals surface area (Å²) in [5.74, 6) is 0. The monoisotopic (exact) mass is 282 g/mol. The molecule has 0 atom stereocenters. The number of rotatable bonds is 3. The molecule has 0 saturated carbocycles. The molecular weight excluding hydrogens is 273 g/mol. The predicted molar refractivity (Wildman–Crippen MR) is 67.4 cm³/mol. The zero-order valence-electron chi connectivity index (χ0n) is 9.65. The van der Waals surface area contributed by atoms with Crippen LogP contribution in [0.3, 0.4) is 0 Å².